The lowest BCUT2D eigenvalue weighted by Gasteiger charge is -2.07. The SMILES string of the molecule is CCCNCCNC(=O)CNS(=O)(=O)c1ccc(Cl)s1. The first-order valence-corrected chi connectivity index (χ1v) is 8.86. The first-order valence-electron chi connectivity index (χ1n) is 6.18. The van der Waals surface area contributed by atoms with Crippen molar-refractivity contribution in [3.63, 3.8) is 0 Å². The third-order valence-electron chi connectivity index (χ3n) is 2.29. The molecular weight excluding hydrogens is 322 g/mol. The van der Waals surface area contributed by atoms with Crippen molar-refractivity contribution in [2.45, 2.75) is 17.6 Å². The molecule has 0 spiro atoms. The maximum atomic E-state index is 11.8. The standard InChI is InChI=1S/C11H18ClN3O3S2/c1-2-5-13-6-7-14-10(16)8-15-20(17,18)11-4-3-9(12)19-11/h3-4,13,15H,2,5-8H2,1H3,(H,14,16). The molecule has 0 fully saturated rings. The molecule has 1 heterocycles. The van der Waals surface area contributed by atoms with E-state index >= 15 is 0 Å². The minimum absolute atomic E-state index is 0.0971. The van der Waals surface area contributed by atoms with Crippen LogP contribution in [0.1, 0.15) is 13.3 Å². The maximum Gasteiger partial charge on any atom is 0.250 e. The van der Waals surface area contributed by atoms with E-state index in [1.54, 1.807) is 0 Å². The van der Waals surface area contributed by atoms with E-state index in [9.17, 15) is 13.2 Å². The molecule has 20 heavy (non-hydrogen) atoms. The van der Waals surface area contributed by atoms with Gasteiger partial charge in [-0.15, -0.1) is 11.3 Å². The van der Waals surface area contributed by atoms with Crippen molar-refractivity contribution < 1.29 is 13.2 Å². The van der Waals surface area contributed by atoms with E-state index in [0.29, 0.717) is 17.4 Å². The van der Waals surface area contributed by atoms with Gasteiger partial charge < -0.3 is 10.6 Å². The number of hydrogen-bond donors (Lipinski definition) is 3. The molecule has 114 valence electrons. The summed E-state index contributed by atoms with van der Waals surface area (Å²) in [6, 6.07) is 2.90. The van der Waals surface area contributed by atoms with Crippen molar-refractivity contribution in [2.75, 3.05) is 26.2 Å². The predicted octanol–water partition coefficient (Wildman–Crippen LogP) is 0.796. The van der Waals surface area contributed by atoms with E-state index in [4.69, 9.17) is 11.6 Å². The van der Waals surface area contributed by atoms with Crippen LogP contribution in [0.2, 0.25) is 4.34 Å². The molecule has 1 aromatic rings. The van der Waals surface area contributed by atoms with Gasteiger partial charge in [0.05, 0.1) is 10.9 Å². The molecular formula is C11H18ClN3O3S2. The van der Waals surface area contributed by atoms with Crippen molar-refractivity contribution in [3.05, 3.63) is 16.5 Å². The number of carbonyl (C=O) groups excluding carboxylic acids is 1. The third-order valence-corrected chi connectivity index (χ3v) is 5.41. The largest absolute Gasteiger partial charge is 0.354 e. The number of rotatable bonds is 9. The van der Waals surface area contributed by atoms with Gasteiger partial charge in [0.25, 0.3) is 10.0 Å². The molecule has 0 radical (unpaired) electrons. The zero-order chi connectivity index (χ0) is 15.0. The lowest BCUT2D eigenvalue weighted by molar-refractivity contribution is -0.119. The Hall–Kier alpha value is -0.670. The molecule has 0 unspecified atom stereocenters. The Morgan fingerprint density at radius 3 is 2.65 bits per heavy atom. The van der Waals surface area contributed by atoms with Gasteiger partial charge in [0, 0.05) is 13.1 Å². The summed E-state index contributed by atoms with van der Waals surface area (Å²) in [5.74, 6) is -0.366. The van der Waals surface area contributed by atoms with Gasteiger partial charge in [0.1, 0.15) is 4.21 Å². The molecule has 1 aromatic heterocycles. The highest BCUT2D eigenvalue weighted by Gasteiger charge is 2.17. The summed E-state index contributed by atoms with van der Waals surface area (Å²) >= 11 is 6.63. The topological polar surface area (TPSA) is 87.3 Å². The normalized spacial score (nSPS) is 11.5. The van der Waals surface area contributed by atoms with Gasteiger partial charge in [-0.2, -0.15) is 0 Å². The monoisotopic (exact) mass is 339 g/mol. The van der Waals surface area contributed by atoms with E-state index in [2.05, 4.69) is 22.3 Å². The molecule has 0 aliphatic rings. The molecule has 6 nitrogen and oxygen atoms in total. The van der Waals surface area contributed by atoms with Crippen molar-refractivity contribution in [2.24, 2.45) is 0 Å². The van der Waals surface area contributed by atoms with Gasteiger partial charge in [-0.3, -0.25) is 4.79 Å². The Morgan fingerprint density at radius 2 is 2.05 bits per heavy atom. The molecule has 0 aliphatic heterocycles. The Kier molecular flexibility index (Phi) is 7.46. The predicted molar refractivity (Wildman–Crippen MR) is 80.7 cm³/mol. The van der Waals surface area contributed by atoms with Crippen LogP contribution >= 0.6 is 22.9 Å². The molecule has 0 saturated heterocycles. The van der Waals surface area contributed by atoms with E-state index in [1.807, 2.05) is 0 Å². The third kappa shape index (κ3) is 6.19. The van der Waals surface area contributed by atoms with Crippen LogP contribution in [0.5, 0.6) is 0 Å². The van der Waals surface area contributed by atoms with Crippen molar-refractivity contribution in [1.29, 1.82) is 0 Å². The molecule has 0 aromatic carbocycles. The van der Waals surface area contributed by atoms with Crippen LogP contribution < -0.4 is 15.4 Å². The van der Waals surface area contributed by atoms with Gasteiger partial charge in [-0.25, -0.2) is 13.1 Å². The quantitative estimate of drug-likeness (QED) is 0.581. The van der Waals surface area contributed by atoms with E-state index in [0.717, 1.165) is 24.3 Å². The fraction of sp³-hybridized carbons (Fsp3) is 0.545. The fourth-order valence-electron chi connectivity index (χ4n) is 1.33. The molecule has 0 saturated carbocycles. The highest BCUT2D eigenvalue weighted by molar-refractivity contribution is 7.91. The minimum atomic E-state index is -3.67. The number of carbonyl (C=O) groups is 1. The second-order valence-electron chi connectivity index (χ2n) is 3.98. The minimum Gasteiger partial charge on any atom is -0.354 e. The summed E-state index contributed by atoms with van der Waals surface area (Å²) in [5.41, 5.74) is 0. The summed E-state index contributed by atoms with van der Waals surface area (Å²) < 4.78 is 26.3. The Labute approximate surface area is 128 Å². The molecule has 1 amide bonds. The summed E-state index contributed by atoms with van der Waals surface area (Å²) in [6.07, 6.45) is 1.02. The van der Waals surface area contributed by atoms with Crippen molar-refractivity contribution in [3.8, 4) is 0 Å². The van der Waals surface area contributed by atoms with E-state index in [-0.39, 0.29) is 16.7 Å². The highest BCUT2D eigenvalue weighted by atomic mass is 35.5. The zero-order valence-corrected chi connectivity index (χ0v) is 13.5. The molecule has 0 bridgehead atoms. The number of nitrogens with one attached hydrogen (secondary N) is 3. The zero-order valence-electron chi connectivity index (χ0n) is 11.1. The van der Waals surface area contributed by atoms with Crippen LogP contribution in [0, 0.1) is 0 Å². The second-order valence-corrected chi connectivity index (χ2v) is 7.69. The van der Waals surface area contributed by atoms with Crippen LogP contribution in [-0.4, -0.2) is 40.5 Å². The van der Waals surface area contributed by atoms with E-state index < -0.39 is 10.0 Å². The number of hydrogen-bond acceptors (Lipinski definition) is 5. The maximum absolute atomic E-state index is 11.8. The van der Waals surface area contributed by atoms with Gasteiger partial charge in [0.15, 0.2) is 0 Å². The van der Waals surface area contributed by atoms with Crippen LogP contribution in [0.15, 0.2) is 16.3 Å². The Bertz CT molecular complexity index is 531. The molecule has 0 aliphatic carbocycles. The molecule has 9 heteroatoms. The first-order chi connectivity index (χ1) is 9.45. The van der Waals surface area contributed by atoms with Crippen LogP contribution in [-0.2, 0) is 14.8 Å². The number of amides is 1. The summed E-state index contributed by atoms with van der Waals surface area (Å²) in [5, 5.41) is 5.74. The molecule has 0 atom stereocenters. The van der Waals surface area contributed by atoms with Gasteiger partial charge >= 0.3 is 0 Å². The highest BCUT2D eigenvalue weighted by Crippen LogP contribution is 2.25. The average molecular weight is 340 g/mol. The smallest absolute Gasteiger partial charge is 0.250 e. The Morgan fingerprint density at radius 1 is 1.30 bits per heavy atom. The van der Waals surface area contributed by atoms with Crippen LogP contribution in [0.3, 0.4) is 0 Å². The van der Waals surface area contributed by atoms with Crippen molar-refractivity contribution in [1.82, 2.24) is 15.4 Å². The second kappa shape index (κ2) is 8.58. The van der Waals surface area contributed by atoms with E-state index in [1.165, 1.54) is 12.1 Å². The lowest BCUT2D eigenvalue weighted by Crippen LogP contribution is -2.39. The summed E-state index contributed by atoms with van der Waals surface area (Å²) in [6.45, 7) is 3.78. The van der Waals surface area contributed by atoms with Gasteiger partial charge in [-0.05, 0) is 25.1 Å². The van der Waals surface area contributed by atoms with Gasteiger partial charge in [-0.1, -0.05) is 18.5 Å². The summed E-state index contributed by atoms with van der Waals surface area (Å²) in [7, 11) is -3.67. The van der Waals surface area contributed by atoms with Gasteiger partial charge in [0.2, 0.25) is 5.91 Å². The van der Waals surface area contributed by atoms with Crippen LogP contribution in [0.25, 0.3) is 0 Å². The fourth-order valence-corrected chi connectivity index (χ4v) is 3.84. The number of sulfonamides is 1. The van der Waals surface area contributed by atoms with Crippen molar-refractivity contribution >= 4 is 38.9 Å². The van der Waals surface area contributed by atoms with Crippen LogP contribution in [0.4, 0.5) is 0 Å². The number of halogens is 1. The number of thiophene rings is 1. The average Bonchev–Trinajstić information content (AvgIpc) is 2.84. The Balaban J connectivity index is 2.30. The first kappa shape index (κ1) is 17.4. The molecule has 3 N–H and O–H groups in total. The summed E-state index contributed by atoms with van der Waals surface area (Å²) in [4.78, 5) is 11.5. The molecule has 1 rings (SSSR count). The lowest BCUT2D eigenvalue weighted by atomic mass is 10.4.